The predicted molar refractivity (Wildman–Crippen MR) is 137 cm³/mol. The van der Waals surface area contributed by atoms with Crippen molar-refractivity contribution in [3.63, 3.8) is 0 Å². The quantitative estimate of drug-likeness (QED) is 0.227. The summed E-state index contributed by atoms with van der Waals surface area (Å²) in [7, 11) is 3.99. The van der Waals surface area contributed by atoms with Crippen LogP contribution >= 0.6 is 22.6 Å². The molecule has 0 amide bonds. The molecule has 5 aromatic rings. The van der Waals surface area contributed by atoms with E-state index < -0.39 is 5.54 Å². The van der Waals surface area contributed by atoms with E-state index in [1.165, 1.54) is 0 Å². The van der Waals surface area contributed by atoms with Crippen molar-refractivity contribution in [3.05, 3.63) is 118 Å². The third-order valence-electron chi connectivity index (χ3n) is 5.72. The molecule has 6 heteroatoms. The second kappa shape index (κ2) is 8.35. The van der Waals surface area contributed by atoms with Crippen LogP contribution in [0.3, 0.4) is 0 Å². The topological polar surface area (TPSA) is 46.8 Å². The minimum absolute atomic E-state index is 0.705. The van der Waals surface area contributed by atoms with E-state index in [9.17, 15) is 0 Å². The van der Waals surface area contributed by atoms with Crippen LogP contribution in [0.2, 0.25) is 0 Å². The smallest absolute Gasteiger partial charge is 0.166 e. The van der Waals surface area contributed by atoms with Crippen molar-refractivity contribution in [3.8, 4) is 0 Å². The van der Waals surface area contributed by atoms with Crippen molar-refractivity contribution in [2.75, 3.05) is 19.0 Å². The van der Waals surface area contributed by atoms with Gasteiger partial charge in [-0.15, -0.1) is 0 Å². The summed E-state index contributed by atoms with van der Waals surface area (Å²) in [6, 6.07) is 31.6. The van der Waals surface area contributed by atoms with Gasteiger partial charge < -0.3 is 4.90 Å². The van der Waals surface area contributed by atoms with Gasteiger partial charge in [0.2, 0.25) is 0 Å². The summed E-state index contributed by atoms with van der Waals surface area (Å²) in [4.78, 5) is 11.3. The van der Waals surface area contributed by atoms with E-state index in [0.29, 0.717) is 0 Å². The third kappa shape index (κ3) is 3.17. The van der Waals surface area contributed by atoms with Crippen LogP contribution in [0.5, 0.6) is 0 Å². The summed E-state index contributed by atoms with van der Waals surface area (Å²) in [5.41, 5.74) is 3.43. The molecule has 0 bridgehead atoms. The van der Waals surface area contributed by atoms with E-state index in [0.717, 1.165) is 37.2 Å². The van der Waals surface area contributed by atoms with Gasteiger partial charge in [-0.2, -0.15) is 5.10 Å². The summed E-state index contributed by atoms with van der Waals surface area (Å²) in [5.74, 6) is 0.855. The van der Waals surface area contributed by atoms with Crippen LogP contribution in [0.1, 0.15) is 16.7 Å². The maximum Gasteiger partial charge on any atom is 0.166 e. The second-order valence-corrected chi connectivity index (χ2v) is 8.82. The number of benzene rings is 3. The molecular formula is C26H22IN5. The molecule has 3 aromatic carbocycles. The predicted octanol–water partition coefficient (Wildman–Crippen LogP) is 5.34. The number of halogens is 1. The van der Waals surface area contributed by atoms with Crippen molar-refractivity contribution in [1.29, 1.82) is 0 Å². The van der Waals surface area contributed by atoms with E-state index in [2.05, 4.69) is 105 Å². The first-order valence-electron chi connectivity index (χ1n) is 10.4. The zero-order valence-corrected chi connectivity index (χ0v) is 20.0. The fraction of sp³-hybridized carbons (Fsp3) is 0.115. The van der Waals surface area contributed by atoms with Gasteiger partial charge in [-0.3, -0.25) is 0 Å². The number of rotatable bonds is 5. The number of hydrogen-bond donors (Lipinski definition) is 0. The van der Waals surface area contributed by atoms with Crippen LogP contribution in [0.4, 0.5) is 5.82 Å². The Kier molecular flexibility index (Phi) is 5.38. The van der Waals surface area contributed by atoms with Crippen molar-refractivity contribution in [2.24, 2.45) is 0 Å². The van der Waals surface area contributed by atoms with Gasteiger partial charge in [0.25, 0.3) is 0 Å². The summed E-state index contributed by atoms with van der Waals surface area (Å²) in [6.45, 7) is 0. The lowest BCUT2D eigenvalue weighted by atomic mass is 9.77. The van der Waals surface area contributed by atoms with E-state index in [-0.39, 0.29) is 0 Å². The average molecular weight is 531 g/mol. The Morgan fingerprint density at radius 1 is 0.719 bits per heavy atom. The summed E-state index contributed by atoms with van der Waals surface area (Å²) < 4.78 is 2.94. The third-order valence-corrected chi connectivity index (χ3v) is 6.47. The lowest BCUT2D eigenvalue weighted by Gasteiger charge is -2.36. The molecule has 2 heterocycles. The molecule has 0 spiro atoms. The van der Waals surface area contributed by atoms with Gasteiger partial charge in [-0.1, -0.05) is 91.0 Å². The molecule has 32 heavy (non-hydrogen) atoms. The van der Waals surface area contributed by atoms with Crippen molar-refractivity contribution < 1.29 is 0 Å². The molecule has 0 N–H and O–H groups in total. The first-order chi connectivity index (χ1) is 15.6. The zero-order chi connectivity index (χ0) is 22.1. The standard InChI is InChI=1S/C26H22IN5/c1-31(2)24-22-23(27)30-32(25(22)29-18-28-24)26(19-12-6-3-7-13-19,20-14-8-4-9-15-20)21-16-10-5-11-17-21/h3-18H,1-2H3. The van der Waals surface area contributed by atoms with Gasteiger partial charge in [0.05, 0.1) is 5.39 Å². The Morgan fingerprint density at radius 2 is 1.19 bits per heavy atom. The van der Waals surface area contributed by atoms with Crippen LogP contribution < -0.4 is 4.90 Å². The van der Waals surface area contributed by atoms with E-state index in [1.807, 2.05) is 37.2 Å². The van der Waals surface area contributed by atoms with Crippen LogP contribution in [0.15, 0.2) is 97.3 Å². The molecule has 0 aliphatic carbocycles. The Labute approximate surface area is 200 Å². The molecule has 0 saturated carbocycles. The molecule has 158 valence electrons. The van der Waals surface area contributed by atoms with Gasteiger partial charge in [0.15, 0.2) is 5.65 Å². The van der Waals surface area contributed by atoms with E-state index in [1.54, 1.807) is 6.33 Å². The molecule has 0 unspecified atom stereocenters. The highest BCUT2D eigenvalue weighted by Crippen LogP contribution is 2.43. The molecule has 0 atom stereocenters. The molecule has 0 aliphatic rings. The van der Waals surface area contributed by atoms with Crippen LogP contribution in [0.25, 0.3) is 11.0 Å². The fourth-order valence-electron chi connectivity index (χ4n) is 4.38. The number of anilines is 1. The Hall–Kier alpha value is -3.26. The van der Waals surface area contributed by atoms with Gasteiger partial charge >= 0.3 is 0 Å². The number of aromatic nitrogens is 4. The van der Waals surface area contributed by atoms with Gasteiger partial charge in [0.1, 0.15) is 21.4 Å². The molecule has 0 saturated heterocycles. The Morgan fingerprint density at radius 3 is 1.62 bits per heavy atom. The zero-order valence-electron chi connectivity index (χ0n) is 17.9. The molecule has 5 nitrogen and oxygen atoms in total. The number of hydrogen-bond acceptors (Lipinski definition) is 4. The first-order valence-corrected chi connectivity index (χ1v) is 11.5. The maximum atomic E-state index is 5.11. The lowest BCUT2D eigenvalue weighted by molar-refractivity contribution is 0.470. The SMILES string of the molecule is CN(C)c1ncnc2c1c(I)nn2C(c1ccccc1)(c1ccccc1)c1ccccc1. The van der Waals surface area contributed by atoms with Gasteiger partial charge in [-0.25, -0.2) is 14.6 Å². The number of fused-ring (bicyclic) bond motifs is 1. The number of nitrogens with zero attached hydrogens (tertiary/aromatic N) is 5. The van der Waals surface area contributed by atoms with Gasteiger partial charge in [-0.05, 0) is 39.3 Å². The van der Waals surface area contributed by atoms with Gasteiger partial charge in [0, 0.05) is 14.1 Å². The van der Waals surface area contributed by atoms with E-state index >= 15 is 0 Å². The minimum atomic E-state index is -0.705. The van der Waals surface area contributed by atoms with Crippen molar-refractivity contribution >= 4 is 39.4 Å². The Balaban J connectivity index is 1.98. The normalized spacial score (nSPS) is 11.6. The summed E-state index contributed by atoms with van der Waals surface area (Å²) in [5, 5.41) is 6.06. The molecule has 2 aromatic heterocycles. The highest BCUT2D eigenvalue weighted by atomic mass is 127. The minimum Gasteiger partial charge on any atom is -0.362 e. The van der Waals surface area contributed by atoms with Crippen LogP contribution in [0, 0.1) is 3.70 Å². The highest BCUT2D eigenvalue weighted by Gasteiger charge is 2.41. The van der Waals surface area contributed by atoms with Crippen LogP contribution in [-0.4, -0.2) is 33.8 Å². The highest BCUT2D eigenvalue weighted by molar-refractivity contribution is 14.1. The molecule has 0 fully saturated rings. The maximum absolute atomic E-state index is 5.11. The monoisotopic (exact) mass is 531 g/mol. The first kappa shape index (κ1) is 20.6. The fourth-order valence-corrected chi connectivity index (χ4v) is 5.07. The summed E-state index contributed by atoms with van der Waals surface area (Å²) >= 11 is 2.30. The summed E-state index contributed by atoms with van der Waals surface area (Å²) in [6.07, 6.45) is 1.62. The molecule has 5 rings (SSSR count). The molecule has 0 aliphatic heterocycles. The largest absolute Gasteiger partial charge is 0.362 e. The molecule has 0 radical (unpaired) electrons. The Bertz CT molecular complexity index is 1250. The molecular weight excluding hydrogens is 509 g/mol. The second-order valence-electron chi connectivity index (χ2n) is 7.80. The van der Waals surface area contributed by atoms with Crippen molar-refractivity contribution in [2.45, 2.75) is 5.54 Å². The van der Waals surface area contributed by atoms with Crippen molar-refractivity contribution in [1.82, 2.24) is 19.7 Å². The van der Waals surface area contributed by atoms with Crippen LogP contribution in [-0.2, 0) is 5.54 Å². The average Bonchev–Trinajstić information content (AvgIpc) is 3.18. The lowest BCUT2D eigenvalue weighted by Crippen LogP contribution is -2.38. The van der Waals surface area contributed by atoms with E-state index in [4.69, 9.17) is 10.1 Å².